The minimum Gasteiger partial charge on any atom is -0.477 e. The molecule has 0 aliphatic rings. The first kappa shape index (κ1) is 10.5. The Morgan fingerprint density at radius 3 is 2.81 bits per heavy atom. The van der Waals surface area contributed by atoms with E-state index in [1.807, 2.05) is 13.8 Å². The Hall–Kier alpha value is -2.04. The van der Waals surface area contributed by atoms with Crippen molar-refractivity contribution >= 4 is 5.97 Å². The maximum atomic E-state index is 11.2. The van der Waals surface area contributed by atoms with Gasteiger partial charge >= 0.3 is 5.97 Å². The molecule has 2 N–H and O–H groups in total. The Morgan fingerprint density at radius 1 is 1.56 bits per heavy atom. The Kier molecular flexibility index (Phi) is 2.52. The first-order chi connectivity index (χ1) is 7.61. The van der Waals surface area contributed by atoms with Crippen molar-refractivity contribution in [1.29, 1.82) is 0 Å². The molecule has 2 heterocycles. The number of hydrogen-bond acceptors (Lipinski definition) is 3. The van der Waals surface area contributed by atoms with Crippen LogP contribution in [0.1, 0.15) is 35.9 Å². The molecule has 0 saturated carbocycles. The van der Waals surface area contributed by atoms with Crippen LogP contribution < -0.4 is 0 Å². The molecule has 2 aromatic heterocycles. The van der Waals surface area contributed by atoms with Crippen LogP contribution in [-0.4, -0.2) is 21.2 Å². The van der Waals surface area contributed by atoms with Crippen molar-refractivity contribution in [3.8, 4) is 11.4 Å². The average molecular weight is 220 g/mol. The van der Waals surface area contributed by atoms with Crippen LogP contribution in [0.15, 0.2) is 22.9 Å². The van der Waals surface area contributed by atoms with Gasteiger partial charge in [0.25, 0.3) is 0 Å². The average Bonchev–Trinajstić information content (AvgIpc) is 2.85. The van der Waals surface area contributed by atoms with Crippen LogP contribution in [-0.2, 0) is 0 Å². The van der Waals surface area contributed by atoms with Crippen molar-refractivity contribution in [3.63, 3.8) is 0 Å². The third-order valence-electron chi connectivity index (χ3n) is 2.31. The SMILES string of the molecule is CC(C)c1onc(-c2ccc[nH]2)c1C(=O)O. The molecular weight excluding hydrogens is 208 g/mol. The van der Waals surface area contributed by atoms with Gasteiger partial charge in [0.1, 0.15) is 11.3 Å². The molecule has 16 heavy (non-hydrogen) atoms. The third kappa shape index (κ3) is 1.60. The van der Waals surface area contributed by atoms with E-state index in [-0.39, 0.29) is 11.5 Å². The monoisotopic (exact) mass is 220 g/mol. The Balaban J connectivity index is 2.59. The van der Waals surface area contributed by atoms with Crippen LogP contribution >= 0.6 is 0 Å². The minimum absolute atomic E-state index is 0.0117. The number of aromatic amines is 1. The summed E-state index contributed by atoms with van der Waals surface area (Å²) in [6, 6.07) is 3.54. The molecule has 5 heteroatoms. The lowest BCUT2D eigenvalue weighted by molar-refractivity contribution is 0.0694. The van der Waals surface area contributed by atoms with E-state index in [1.54, 1.807) is 18.3 Å². The highest BCUT2D eigenvalue weighted by Gasteiger charge is 2.25. The normalized spacial score (nSPS) is 10.9. The molecule has 0 aromatic carbocycles. The van der Waals surface area contributed by atoms with Crippen LogP contribution in [0.4, 0.5) is 0 Å². The summed E-state index contributed by atoms with van der Waals surface area (Å²) in [4.78, 5) is 14.1. The Morgan fingerprint density at radius 2 is 2.31 bits per heavy atom. The highest BCUT2D eigenvalue weighted by molar-refractivity contribution is 5.95. The van der Waals surface area contributed by atoms with Gasteiger partial charge in [0.2, 0.25) is 0 Å². The van der Waals surface area contributed by atoms with E-state index >= 15 is 0 Å². The smallest absolute Gasteiger partial charge is 0.341 e. The largest absolute Gasteiger partial charge is 0.477 e. The lowest BCUT2D eigenvalue weighted by Crippen LogP contribution is -2.02. The number of carbonyl (C=O) groups is 1. The first-order valence-corrected chi connectivity index (χ1v) is 4.98. The van der Waals surface area contributed by atoms with Crippen molar-refractivity contribution in [2.45, 2.75) is 19.8 Å². The van der Waals surface area contributed by atoms with E-state index in [9.17, 15) is 4.79 Å². The molecule has 0 atom stereocenters. The molecule has 0 spiro atoms. The van der Waals surface area contributed by atoms with E-state index < -0.39 is 5.97 Å². The van der Waals surface area contributed by atoms with Crippen molar-refractivity contribution < 1.29 is 14.4 Å². The number of aromatic nitrogens is 2. The zero-order valence-corrected chi connectivity index (χ0v) is 9.02. The second kappa shape index (κ2) is 3.84. The summed E-state index contributed by atoms with van der Waals surface area (Å²) >= 11 is 0. The lowest BCUT2D eigenvalue weighted by atomic mass is 10.0. The summed E-state index contributed by atoms with van der Waals surface area (Å²) in [6.45, 7) is 3.73. The van der Waals surface area contributed by atoms with Gasteiger partial charge in [-0.3, -0.25) is 0 Å². The molecule has 0 unspecified atom stereocenters. The first-order valence-electron chi connectivity index (χ1n) is 4.98. The van der Waals surface area contributed by atoms with E-state index in [0.717, 1.165) is 0 Å². The van der Waals surface area contributed by atoms with Gasteiger partial charge in [-0.05, 0) is 12.1 Å². The fourth-order valence-electron chi connectivity index (χ4n) is 1.57. The van der Waals surface area contributed by atoms with Crippen LogP contribution in [0.2, 0.25) is 0 Å². The van der Waals surface area contributed by atoms with Gasteiger partial charge in [0.15, 0.2) is 5.76 Å². The molecule has 5 nitrogen and oxygen atoms in total. The fraction of sp³-hybridized carbons (Fsp3) is 0.273. The number of H-pyrrole nitrogens is 1. The van der Waals surface area contributed by atoms with Crippen molar-refractivity contribution in [3.05, 3.63) is 29.7 Å². The summed E-state index contributed by atoms with van der Waals surface area (Å²) in [5.74, 6) is -0.631. The molecule has 0 aliphatic carbocycles. The molecule has 0 amide bonds. The molecule has 0 bridgehead atoms. The number of carboxylic acids is 1. The van der Waals surface area contributed by atoms with E-state index in [2.05, 4.69) is 10.1 Å². The highest BCUT2D eigenvalue weighted by Crippen LogP contribution is 2.28. The number of nitrogens with one attached hydrogen (secondary N) is 1. The van der Waals surface area contributed by atoms with Gasteiger partial charge in [-0.25, -0.2) is 4.79 Å². The quantitative estimate of drug-likeness (QED) is 0.832. The van der Waals surface area contributed by atoms with E-state index in [1.165, 1.54) is 0 Å². The van der Waals surface area contributed by atoms with E-state index in [4.69, 9.17) is 9.63 Å². The van der Waals surface area contributed by atoms with E-state index in [0.29, 0.717) is 17.1 Å². The zero-order chi connectivity index (χ0) is 11.7. The minimum atomic E-state index is -1.02. The highest BCUT2D eigenvalue weighted by atomic mass is 16.5. The van der Waals surface area contributed by atoms with Gasteiger partial charge in [0.05, 0.1) is 5.69 Å². The molecule has 0 fully saturated rings. The van der Waals surface area contributed by atoms with Crippen molar-refractivity contribution in [2.75, 3.05) is 0 Å². The molecule has 2 aromatic rings. The van der Waals surface area contributed by atoms with Gasteiger partial charge < -0.3 is 14.6 Å². The summed E-state index contributed by atoms with van der Waals surface area (Å²) in [6.07, 6.45) is 1.71. The number of hydrogen-bond donors (Lipinski definition) is 2. The lowest BCUT2D eigenvalue weighted by Gasteiger charge is -2.00. The molecular formula is C11H12N2O3. The second-order valence-electron chi connectivity index (χ2n) is 3.81. The second-order valence-corrected chi connectivity index (χ2v) is 3.81. The third-order valence-corrected chi connectivity index (χ3v) is 2.31. The topological polar surface area (TPSA) is 79.1 Å². The van der Waals surface area contributed by atoms with Crippen LogP contribution in [0.3, 0.4) is 0 Å². The zero-order valence-electron chi connectivity index (χ0n) is 9.02. The number of rotatable bonds is 3. The Bertz CT molecular complexity index is 497. The standard InChI is InChI=1S/C11H12N2O3/c1-6(2)10-8(11(14)15)9(13-16-10)7-4-3-5-12-7/h3-6,12H,1-2H3,(H,14,15). The number of aromatic carboxylic acids is 1. The number of carboxylic acid groups (broad SMARTS) is 1. The summed E-state index contributed by atoms with van der Waals surface area (Å²) < 4.78 is 5.09. The van der Waals surface area contributed by atoms with Crippen LogP contribution in [0.25, 0.3) is 11.4 Å². The van der Waals surface area contributed by atoms with Gasteiger partial charge in [0, 0.05) is 12.1 Å². The predicted octanol–water partition coefficient (Wildman–Crippen LogP) is 2.49. The van der Waals surface area contributed by atoms with Gasteiger partial charge in [-0.15, -0.1) is 0 Å². The molecule has 84 valence electrons. The molecule has 0 saturated heterocycles. The Labute approximate surface area is 92.1 Å². The van der Waals surface area contributed by atoms with Crippen molar-refractivity contribution in [1.82, 2.24) is 10.1 Å². The summed E-state index contributed by atoms with van der Waals surface area (Å²) in [5.41, 5.74) is 1.13. The van der Waals surface area contributed by atoms with Crippen molar-refractivity contribution in [2.24, 2.45) is 0 Å². The fourth-order valence-corrected chi connectivity index (χ4v) is 1.57. The molecule has 0 aliphatic heterocycles. The van der Waals surface area contributed by atoms with Gasteiger partial charge in [-0.1, -0.05) is 19.0 Å². The molecule has 0 radical (unpaired) electrons. The van der Waals surface area contributed by atoms with Crippen LogP contribution in [0, 0.1) is 0 Å². The maximum Gasteiger partial charge on any atom is 0.341 e. The summed E-state index contributed by atoms with van der Waals surface area (Å²) in [5, 5.41) is 13.0. The predicted molar refractivity (Wildman–Crippen MR) is 57.3 cm³/mol. The number of nitrogens with zero attached hydrogens (tertiary/aromatic N) is 1. The summed E-state index contributed by atoms with van der Waals surface area (Å²) in [7, 11) is 0. The maximum absolute atomic E-state index is 11.2. The van der Waals surface area contributed by atoms with Gasteiger partial charge in [-0.2, -0.15) is 0 Å². The van der Waals surface area contributed by atoms with Crippen LogP contribution in [0.5, 0.6) is 0 Å². The molecule has 2 rings (SSSR count).